The van der Waals surface area contributed by atoms with E-state index in [0.29, 0.717) is 21.6 Å². The molecule has 4 heteroatoms. The first-order valence-electron chi connectivity index (χ1n) is 5.08. The lowest BCUT2D eigenvalue weighted by Gasteiger charge is -2.09. The van der Waals surface area contributed by atoms with Crippen molar-refractivity contribution in [3.63, 3.8) is 0 Å². The van der Waals surface area contributed by atoms with E-state index in [-0.39, 0.29) is 5.82 Å². The Morgan fingerprint density at radius 3 is 2.59 bits per heavy atom. The minimum Gasteiger partial charge on any atom is -0.487 e. The van der Waals surface area contributed by atoms with Crippen molar-refractivity contribution in [1.82, 2.24) is 0 Å². The molecule has 0 saturated heterocycles. The lowest BCUT2D eigenvalue weighted by atomic mass is 10.2. The van der Waals surface area contributed by atoms with Gasteiger partial charge in [-0.25, -0.2) is 4.39 Å². The lowest BCUT2D eigenvalue weighted by Crippen LogP contribution is -2.00. The van der Waals surface area contributed by atoms with Gasteiger partial charge in [0.1, 0.15) is 18.2 Å². The number of hydrogen-bond acceptors (Lipinski definition) is 2. The lowest BCUT2D eigenvalue weighted by molar-refractivity contribution is 0.306. The summed E-state index contributed by atoms with van der Waals surface area (Å²) in [5.41, 5.74) is 7.23. The number of anilines is 1. The molecular weight excluding hydrogens is 332 g/mol. The summed E-state index contributed by atoms with van der Waals surface area (Å²) in [4.78, 5) is 0. The van der Waals surface area contributed by atoms with Crippen LogP contribution in [0.5, 0.6) is 5.75 Å². The first-order chi connectivity index (χ1) is 8.16. The van der Waals surface area contributed by atoms with Crippen LogP contribution >= 0.6 is 22.6 Å². The molecule has 0 saturated carbocycles. The Hall–Kier alpha value is -1.30. The third-order valence-electron chi connectivity index (χ3n) is 2.29. The van der Waals surface area contributed by atoms with E-state index >= 15 is 0 Å². The molecule has 0 radical (unpaired) electrons. The van der Waals surface area contributed by atoms with Crippen molar-refractivity contribution in [3.05, 3.63) is 57.4 Å². The van der Waals surface area contributed by atoms with E-state index in [9.17, 15) is 4.39 Å². The smallest absolute Gasteiger partial charge is 0.145 e. The minimum absolute atomic E-state index is 0.317. The zero-order chi connectivity index (χ0) is 12.3. The Bertz CT molecular complexity index is 516. The van der Waals surface area contributed by atoms with Gasteiger partial charge in [-0.1, -0.05) is 30.3 Å². The van der Waals surface area contributed by atoms with Gasteiger partial charge >= 0.3 is 0 Å². The standard InChI is InChI=1S/C13H11FINO/c14-10-6-13(12(16)7-11(10)15)17-8-9-4-2-1-3-5-9/h1-7H,8,16H2. The van der Waals surface area contributed by atoms with Crippen molar-refractivity contribution in [2.24, 2.45) is 0 Å². The normalized spacial score (nSPS) is 10.2. The van der Waals surface area contributed by atoms with Gasteiger partial charge in [-0.05, 0) is 34.2 Å². The molecule has 88 valence electrons. The molecule has 0 aromatic heterocycles. The van der Waals surface area contributed by atoms with E-state index in [1.165, 1.54) is 6.07 Å². The fourth-order valence-corrected chi connectivity index (χ4v) is 1.90. The number of halogens is 2. The molecule has 0 aliphatic rings. The van der Waals surface area contributed by atoms with Crippen LogP contribution in [0.1, 0.15) is 5.56 Å². The number of nitrogen functional groups attached to an aromatic ring is 1. The minimum atomic E-state index is -0.317. The van der Waals surface area contributed by atoms with Crippen molar-refractivity contribution in [3.8, 4) is 5.75 Å². The Morgan fingerprint density at radius 1 is 1.18 bits per heavy atom. The fraction of sp³-hybridized carbons (Fsp3) is 0.0769. The molecule has 2 nitrogen and oxygen atoms in total. The van der Waals surface area contributed by atoms with E-state index in [4.69, 9.17) is 10.5 Å². The first-order valence-corrected chi connectivity index (χ1v) is 6.16. The zero-order valence-corrected chi connectivity index (χ0v) is 11.1. The topological polar surface area (TPSA) is 35.2 Å². The third kappa shape index (κ3) is 3.09. The molecule has 0 aliphatic heterocycles. The van der Waals surface area contributed by atoms with Crippen molar-refractivity contribution < 1.29 is 9.13 Å². The summed E-state index contributed by atoms with van der Waals surface area (Å²) < 4.78 is 19.3. The van der Waals surface area contributed by atoms with Crippen LogP contribution in [0.2, 0.25) is 0 Å². The van der Waals surface area contributed by atoms with Crippen molar-refractivity contribution in [2.45, 2.75) is 6.61 Å². The molecule has 0 bridgehead atoms. The summed E-state index contributed by atoms with van der Waals surface area (Å²) >= 11 is 1.90. The van der Waals surface area contributed by atoms with Crippen LogP contribution in [0.25, 0.3) is 0 Å². The number of rotatable bonds is 3. The molecule has 0 atom stereocenters. The number of hydrogen-bond donors (Lipinski definition) is 1. The van der Waals surface area contributed by atoms with Gasteiger partial charge < -0.3 is 10.5 Å². The number of nitrogens with two attached hydrogens (primary N) is 1. The second-order valence-corrected chi connectivity index (χ2v) is 4.74. The van der Waals surface area contributed by atoms with Gasteiger partial charge in [0.05, 0.1) is 9.26 Å². The van der Waals surface area contributed by atoms with Crippen LogP contribution in [0.4, 0.5) is 10.1 Å². The Kier molecular flexibility index (Phi) is 3.83. The highest BCUT2D eigenvalue weighted by Gasteiger charge is 2.07. The molecule has 2 rings (SSSR count). The van der Waals surface area contributed by atoms with Crippen LogP contribution in [0.15, 0.2) is 42.5 Å². The summed E-state index contributed by atoms with van der Waals surface area (Å²) in [6.07, 6.45) is 0. The summed E-state index contributed by atoms with van der Waals surface area (Å²) in [7, 11) is 0. The molecule has 2 aromatic rings. The maximum absolute atomic E-state index is 13.3. The van der Waals surface area contributed by atoms with Crippen molar-refractivity contribution in [2.75, 3.05) is 5.73 Å². The van der Waals surface area contributed by atoms with E-state index in [2.05, 4.69) is 0 Å². The number of benzene rings is 2. The van der Waals surface area contributed by atoms with Crippen LogP contribution in [0, 0.1) is 9.39 Å². The molecule has 0 spiro atoms. The molecule has 2 aromatic carbocycles. The molecule has 2 N–H and O–H groups in total. The van der Waals surface area contributed by atoms with Crippen LogP contribution in [0.3, 0.4) is 0 Å². The highest BCUT2D eigenvalue weighted by atomic mass is 127. The predicted molar refractivity (Wildman–Crippen MR) is 74.3 cm³/mol. The summed E-state index contributed by atoms with van der Waals surface area (Å²) in [5.74, 6) is 0.0645. The van der Waals surface area contributed by atoms with Gasteiger partial charge in [-0.15, -0.1) is 0 Å². The fourth-order valence-electron chi connectivity index (χ4n) is 1.40. The largest absolute Gasteiger partial charge is 0.487 e. The maximum Gasteiger partial charge on any atom is 0.145 e. The first kappa shape index (κ1) is 12.2. The van der Waals surface area contributed by atoms with Gasteiger partial charge in [0, 0.05) is 6.07 Å². The summed E-state index contributed by atoms with van der Waals surface area (Å²) in [5, 5.41) is 0. The number of ether oxygens (including phenoxy) is 1. The van der Waals surface area contributed by atoms with Gasteiger partial charge in [0.2, 0.25) is 0 Å². The predicted octanol–water partition coefficient (Wildman–Crippen LogP) is 3.59. The summed E-state index contributed by atoms with van der Waals surface area (Å²) in [6.45, 7) is 0.380. The molecular formula is C13H11FINO. The van der Waals surface area contributed by atoms with Gasteiger partial charge in [-0.3, -0.25) is 0 Å². The Balaban J connectivity index is 2.12. The molecule has 0 unspecified atom stereocenters. The van der Waals surface area contributed by atoms with Gasteiger partial charge in [0.15, 0.2) is 0 Å². The van der Waals surface area contributed by atoms with Crippen LogP contribution < -0.4 is 10.5 Å². The average molecular weight is 343 g/mol. The third-order valence-corrected chi connectivity index (χ3v) is 3.12. The van der Waals surface area contributed by atoms with E-state index < -0.39 is 0 Å². The van der Waals surface area contributed by atoms with Crippen molar-refractivity contribution in [1.29, 1.82) is 0 Å². The Morgan fingerprint density at radius 2 is 1.88 bits per heavy atom. The maximum atomic E-state index is 13.3. The van der Waals surface area contributed by atoms with Gasteiger partial charge in [0.25, 0.3) is 0 Å². The van der Waals surface area contributed by atoms with E-state index in [1.54, 1.807) is 6.07 Å². The van der Waals surface area contributed by atoms with Crippen molar-refractivity contribution >= 4 is 28.3 Å². The second-order valence-electron chi connectivity index (χ2n) is 3.58. The van der Waals surface area contributed by atoms with E-state index in [0.717, 1.165) is 5.56 Å². The summed E-state index contributed by atoms with van der Waals surface area (Å²) in [6, 6.07) is 12.6. The molecule has 0 fully saturated rings. The quantitative estimate of drug-likeness (QED) is 0.683. The zero-order valence-electron chi connectivity index (χ0n) is 8.99. The average Bonchev–Trinajstić information content (AvgIpc) is 2.33. The van der Waals surface area contributed by atoms with Gasteiger partial charge in [-0.2, -0.15) is 0 Å². The highest BCUT2D eigenvalue weighted by molar-refractivity contribution is 14.1. The monoisotopic (exact) mass is 343 g/mol. The second kappa shape index (κ2) is 5.35. The molecule has 0 amide bonds. The van der Waals surface area contributed by atoms with Crippen LogP contribution in [-0.2, 0) is 6.61 Å². The SMILES string of the molecule is Nc1cc(I)c(F)cc1OCc1ccccc1. The molecule has 0 heterocycles. The molecule has 17 heavy (non-hydrogen) atoms. The Labute approximate surface area is 113 Å². The highest BCUT2D eigenvalue weighted by Crippen LogP contribution is 2.26. The van der Waals surface area contributed by atoms with Crippen LogP contribution in [-0.4, -0.2) is 0 Å². The van der Waals surface area contributed by atoms with E-state index in [1.807, 2.05) is 52.9 Å². The molecule has 0 aliphatic carbocycles.